The first-order chi connectivity index (χ1) is 10.5. The maximum atomic E-state index is 11.3. The van der Waals surface area contributed by atoms with E-state index in [0.29, 0.717) is 6.54 Å². The highest BCUT2D eigenvalue weighted by Crippen LogP contribution is 2.28. The number of hydrogen-bond acceptors (Lipinski definition) is 4. The van der Waals surface area contributed by atoms with Gasteiger partial charge in [-0.2, -0.15) is 8.42 Å². The topological polar surface area (TPSA) is 46.6 Å². The maximum Gasteiger partial charge on any atom is 0.265 e. The van der Waals surface area contributed by atoms with E-state index in [9.17, 15) is 8.42 Å². The fourth-order valence-corrected chi connectivity index (χ4v) is 2.72. The third kappa shape index (κ3) is 4.66. The molecule has 0 bridgehead atoms. The van der Waals surface area contributed by atoms with Crippen LogP contribution in [-0.2, 0) is 14.3 Å². The van der Waals surface area contributed by atoms with Gasteiger partial charge in [0.05, 0.1) is 12.3 Å². The Morgan fingerprint density at radius 3 is 1.77 bits per heavy atom. The molecule has 0 saturated carbocycles. The Labute approximate surface area is 132 Å². The fraction of sp³-hybridized carbons (Fsp3) is 0.294. The molecule has 0 fully saturated rings. The van der Waals surface area contributed by atoms with Crippen LogP contribution in [0.5, 0.6) is 0 Å². The van der Waals surface area contributed by atoms with Gasteiger partial charge in [-0.15, -0.1) is 0 Å². The van der Waals surface area contributed by atoms with Crippen LogP contribution in [-0.4, -0.2) is 32.8 Å². The second kappa shape index (κ2) is 7.54. The van der Waals surface area contributed by atoms with Gasteiger partial charge in [0.25, 0.3) is 10.1 Å². The van der Waals surface area contributed by atoms with Gasteiger partial charge in [0, 0.05) is 0 Å². The highest BCUT2D eigenvalue weighted by atomic mass is 32.2. The van der Waals surface area contributed by atoms with Crippen molar-refractivity contribution >= 4 is 10.1 Å². The first-order valence-corrected chi connectivity index (χ1v) is 9.01. The van der Waals surface area contributed by atoms with E-state index in [1.807, 2.05) is 72.5 Å². The van der Waals surface area contributed by atoms with Crippen LogP contribution in [0.15, 0.2) is 60.7 Å². The molecule has 0 atom stereocenters. The lowest BCUT2D eigenvalue weighted by Crippen LogP contribution is -2.32. The molecular weight excluding hydrogens is 298 g/mol. The van der Waals surface area contributed by atoms with E-state index in [0.717, 1.165) is 17.4 Å². The Morgan fingerprint density at radius 1 is 0.955 bits per heavy atom. The summed E-state index contributed by atoms with van der Waals surface area (Å²) in [6, 6.07) is 20.0. The Hall–Kier alpha value is -1.69. The van der Waals surface area contributed by atoms with Crippen molar-refractivity contribution in [3.8, 4) is 0 Å². The minimum atomic E-state index is -3.47. The average Bonchev–Trinajstić information content (AvgIpc) is 2.52. The quantitative estimate of drug-likeness (QED) is 0.581. The second-order valence-electron chi connectivity index (χ2n) is 5.08. The van der Waals surface area contributed by atoms with Gasteiger partial charge < -0.3 is 0 Å². The molecule has 0 unspecified atom stereocenters. The standard InChI is InChI=1S/C17H21NO3S/c1-3-18(14-21-22(2,19)20)17(15-10-6-4-7-11-15)16-12-8-5-9-13-16/h4-13,17H,3,14H2,1-2H3. The largest absolute Gasteiger partial charge is 0.269 e. The van der Waals surface area contributed by atoms with E-state index in [1.165, 1.54) is 0 Å². The molecule has 0 aliphatic carbocycles. The van der Waals surface area contributed by atoms with Crippen LogP contribution in [0, 0.1) is 0 Å². The molecule has 2 aromatic rings. The lowest BCUT2D eigenvalue weighted by Gasteiger charge is -2.30. The van der Waals surface area contributed by atoms with E-state index < -0.39 is 10.1 Å². The summed E-state index contributed by atoms with van der Waals surface area (Å²) in [5, 5.41) is 0. The van der Waals surface area contributed by atoms with E-state index in [2.05, 4.69) is 0 Å². The molecule has 0 aliphatic heterocycles. The summed E-state index contributed by atoms with van der Waals surface area (Å²) in [4.78, 5) is 1.99. The van der Waals surface area contributed by atoms with Gasteiger partial charge in [0.2, 0.25) is 0 Å². The van der Waals surface area contributed by atoms with E-state index >= 15 is 0 Å². The van der Waals surface area contributed by atoms with Crippen LogP contribution in [0.2, 0.25) is 0 Å². The molecule has 0 spiro atoms. The Bertz CT molecular complexity index is 632. The third-order valence-electron chi connectivity index (χ3n) is 3.43. The van der Waals surface area contributed by atoms with Crippen molar-refractivity contribution in [3.63, 3.8) is 0 Å². The van der Waals surface area contributed by atoms with Crippen molar-refractivity contribution in [2.75, 3.05) is 19.5 Å². The maximum absolute atomic E-state index is 11.3. The summed E-state index contributed by atoms with van der Waals surface area (Å²) in [6.45, 7) is 2.69. The van der Waals surface area contributed by atoms with Gasteiger partial charge in [-0.05, 0) is 17.7 Å². The lowest BCUT2D eigenvalue weighted by molar-refractivity contribution is 0.110. The van der Waals surface area contributed by atoms with Crippen molar-refractivity contribution < 1.29 is 12.6 Å². The van der Waals surface area contributed by atoms with Crippen molar-refractivity contribution in [2.24, 2.45) is 0 Å². The van der Waals surface area contributed by atoms with E-state index in [4.69, 9.17) is 4.18 Å². The van der Waals surface area contributed by atoms with Gasteiger partial charge >= 0.3 is 0 Å². The van der Waals surface area contributed by atoms with Gasteiger partial charge in [0.15, 0.2) is 0 Å². The highest BCUT2D eigenvalue weighted by Gasteiger charge is 2.22. The molecule has 2 rings (SSSR count). The van der Waals surface area contributed by atoms with Crippen molar-refractivity contribution in [1.29, 1.82) is 0 Å². The van der Waals surface area contributed by atoms with Crippen LogP contribution >= 0.6 is 0 Å². The zero-order valence-corrected chi connectivity index (χ0v) is 13.7. The van der Waals surface area contributed by atoms with E-state index in [1.54, 1.807) is 0 Å². The molecule has 118 valence electrons. The molecular formula is C17H21NO3S. The Kier molecular flexibility index (Phi) is 5.71. The summed E-state index contributed by atoms with van der Waals surface area (Å²) < 4.78 is 27.6. The molecule has 0 radical (unpaired) electrons. The van der Waals surface area contributed by atoms with Crippen molar-refractivity contribution in [2.45, 2.75) is 13.0 Å². The normalized spacial score (nSPS) is 12.0. The van der Waals surface area contributed by atoms with Crippen LogP contribution in [0.4, 0.5) is 0 Å². The molecule has 0 amide bonds. The molecule has 22 heavy (non-hydrogen) atoms. The molecule has 4 nitrogen and oxygen atoms in total. The second-order valence-corrected chi connectivity index (χ2v) is 6.72. The summed E-state index contributed by atoms with van der Waals surface area (Å²) in [5.41, 5.74) is 2.21. The van der Waals surface area contributed by atoms with Crippen LogP contribution < -0.4 is 0 Å². The van der Waals surface area contributed by atoms with Crippen LogP contribution in [0.25, 0.3) is 0 Å². The monoisotopic (exact) mass is 319 g/mol. The molecule has 2 aromatic carbocycles. The first-order valence-electron chi connectivity index (χ1n) is 7.19. The van der Waals surface area contributed by atoms with Crippen molar-refractivity contribution in [3.05, 3.63) is 71.8 Å². The number of nitrogens with zero attached hydrogens (tertiary/aromatic N) is 1. The number of benzene rings is 2. The third-order valence-corrected chi connectivity index (χ3v) is 3.97. The predicted octanol–water partition coefficient (Wildman–Crippen LogP) is 3.03. The summed E-state index contributed by atoms with van der Waals surface area (Å²) in [7, 11) is -3.47. The fourth-order valence-electron chi connectivity index (χ4n) is 2.40. The number of rotatable bonds is 7. The van der Waals surface area contributed by atoms with Crippen LogP contribution in [0.3, 0.4) is 0 Å². The average molecular weight is 319 g/mol. The minimum Gasteiger partial charge on any atom is -0.269 e. The number of hydrogen-bond donors (Lipinski definition) is 0. The van der Waals surface area contributed by atoms with Gasteiger partial charge in [0.1, 0.15) is 6.73 Å². The summed E-state index contributed by atoms with van der Waals surface area (Å²) in [5.74, 6) is 0. The van der Waals surface area contributed by atoms with Gasteiger partial charge in [-0.25, -0.2) is 0 Å². The Balaban J connectivity index is 2.35. The Morgan fingerprint density at radius 2 is 1.41 bits per heavy atom. The highest BCUT2D eigenvalue weighted by molar-refractivity contribution is 7.85. The van der Waals surface area contributed by atoms with E-state index in [-0.39, 0.29) is 12.8 Å². The first kappa shape index (κ1) is 16.7. The molecule has 0 heterocycles. The SMILES string of the molecule is CCN(COS(C)(=O)=O)C(c1ccccc1)c1ccccc1. The molecule has 0 saturated heterocycles. The molecule has 5 heteroatoms. The molecule has 0 aliphatic rings. The predicted molar refractivity (Wildman–Crippen MR) is 87.9 cm³/mol. The van der Waals surface area contributed by atoms with Gasteiger partial charge in [-0.1, -0.05) is 67.6 Å². The zero-order valence-electron chi connectivity index (χ0n) is 12.8. The molecule has 0 N–H and O–H groups in total. The minimum absolute atomic E-state index is 0.0315. The summed E-state index contributed by atoms with van der Waals surface area (Å²) in [6.07, 6.45) is 1.07. The summed E-state index contributed by atoms with van der Waals surface area (Å²) >= 11 is 0. The van der Waals surface area contributed by atoms with Crippen LogP contribution in [0.1, 0.15) is 24.1 Å². The lowest BCUT2D eigenvalue weighted by atomic mass is 9.97. The van der Waals surface area contributed by atoms with Crippen molar-refractivity contribution in [1.82, 2.24) is 4.90 Å². The smallest absolute Gasteiger partial charge is 0.265 e. The zero-order chi connectivity index (χ0) is 16.0. The molecule has 0 aromatic heterocycles. The van der Waals surface area contributed by atoms with Gasteiger partial charge in [-0.3, -0.25) is 9.08 Å².